The zero-order valence-electron chi connectivity index (χ0n) is 24.6. The van der Waals surface area contributed by atoms with Gasteiger partial charge in [0.2, 0.25) is 0 Å². The summed E-state index contributed by atoms with van der Waals surface area (Å²) in [6.07, 6.45) is 1.78. The van der Waals surface area contributed by atoms with E-state index in [1.54, 1.807) is 64.0 Å². The van der Waals surface area contributed by atoms with Crippen molar-refractivity contribution in [2.24, 2.45) is 0 Å². The molecule has 0 saturated heterocycles. The van der Waals surface area contributed by atoms with Gasteiger partial charge in [0.05, 0.1) is 19.8 Å². The minimum Gasteiger partial charge on any atom is -0.463 e. The second-order valence-corrected chi connectivity index (χ2v) is 17.2. The smallest absolute Gasteiger partial charge is 0.463 e. The third-order valence-electron chi connectivity index (χ3n) is 5.95. The van der Waals surface area contributed by atoms with Gasteiger partial charge in [-0.3, -0.25) is 0 Å². The van der Waals surface area contributed by atoms with Crippen LogP contribution in [-0.4, -0.2) is 125 Å². The van der Waals surface area contributed by atoms with E-state index >= 15 is 0 Å². The molecule has 0 N–H and O–H groups in total. The minimum atomic E-state index is -2.71. The summed E-state index contributed by atoms with van der Waals surface area (Å²) in [4.78, 5) is 12.8. The Morgan fingerprint density at radius 1 is 0.385 bits per heavy atom. The third-order valence-corrected chi connectivity index (χ3v) is 14.4. The molecule has 1 aromatic heterocycles. The molecule has 0 unspecified atom stereocenters. The highest BCUT2D eigenvalue weighted by Gasteiger charge is 2.38. The van der Waals surface area contributed by atoms with Crippen LogP contribution < -0.4 is 14.2 Å². The summed E-state index contributed by atoms with van der Waals surface area (Å²) >= 11 is 0. The first kappa shape index (κ1) is 35.7. The SMILES string of the molecule is CO[Si](CCCOc1nc(OCCC[Si](OC)(OC)OC)nc(OCCC[Si](OC)(OC)OC)n1)(OC)OC. The Hall–Kier alpha value is -1.30. The summed E-state index contributed by atoms with van der Waals surface area (Å²) in [7, 11) is 5.96. The number of nitrogens with zero attached hydrogens (tertiary/aromatic N) is 3. The van der Waals surface area contributed by atoms with Gasteiger partial charge in [0.1, 0.15) is 0 Å². The molecular weight excluding hydrogens is 570 g/mol. The molecule has 39 heavy (non-hydrogen) atoms. The van der Waals surface area contributed by atoms with Crippen LogP contribution in [0.2, 0.25) is 18.1 Å². The fourth-order valence-corrected chi connectivity index (χ4v) is 8.61. The molecule has 1 rings (SSSR count). The van der Waals surface area contributed by atoms with Crippen LogP contribution in [0.25, 0.3) is 0 Å². The molecule has 0 spiro atoms. The van der Waals surface area contributed by atoms with Gasteiger partial charge in [0, 0.05) is 82.1 Å². The second-order valence-electron chi connectivity index (χ2n) is 7.93. The van der Waals surface area contributed by atoms with E-state index in [9.17, 15) is 0 Å². The molecule has 0 saturated carbocycles. The molecule has 1 aromatic rings. The Labute approximate surface area is 234 Å². The molecule has 18 heteroatoms. The van der Waals surface area contributed by atoms with Crippen LogP contribution in [-0.2, 0) is 39.8 Å². The largest absolute Gasteiger partial charge is 0.500 e. The van der Waals surface area contributed by atoms with Crippen molar-refractivity contribution in [3.63, 3.8) is 0 Å². The maximum atomic E-state index is 5.77. The van der Waals surface area contributed by atoms with Gasteiger partial charge in [0.15, 0.2) is 0 Å². The van der Waals surface area contributed by atoms with E-state index in [2.05, 4.69) is 15.0 Å². The van der Waals surface area contributed by atoms with Crippen molar-refractivity contribution in [3.8, 4) is 18.0 Å². The highest BCUT2D eigenvalue weighted by atomic mass is 28.4. The van der Waals surface area contributed by atoms with E-state index in [1.165, 1.54) is 0 Å². The van der Waals surface area contributed by atoms with Gasteiger partial charge < -0.3 is 54.0 Å². The summed E-state index contributed by atoms with van der Waals surface area (Å²) in [5, 5.41) is 0. The maximum absolute atomic E-state index is 5.77. The van der Waals surface area contributed by atoms with Crippen molar-refractivity contribution in [1.82, 2.24) is 15.0 Å². The van der Waals surface area contributed by atoms with E-state index in [1.807, 2.05) is 0 Å². The number of hydrogen-bond acceptors (Lipinski definition) is 15. The Morgan fingerprint density at radius 3 is 0.769 bits per heavy atom. The van der Waals surface area contributed by atoms with Gasteiger partial charge in [-0.15, -0.1) is 15.0 Å². The molecule has 0 bridgehead atoms. The number of rotatable bonds is 24. The third kappa shape index (κ3) is 11.6. The Balaban J connectivity index is 2.83. The summed E-state index contributed by atoms with van der Waals surface area (Å²) in [5.41, 5.74) is 0. The predicted octanol–water partition coefficient (Wildman–Crippen LogP) is 1.81. The molecule has 1 heterocycles. The van der Waals surface area contributed by atoms with Crippen LogP contribution in [0.1, 0.15) is 19.3 Å². The predicted molar refractivity (Wildman–Crippen MR) is 145 cm³/mol. The second kappa shape index (κ2) is 18.9. The number of aromatic nitrogens is 3. The zero-order chi connectivity index (χ0) is 29.2. The van der Waals surface area contributed by atoms with Crippen LogP contribution in [0.3, 0.4) is 0 Å². The van der Waals surface area contributed by atoms with Crippen LogP contribution in [0.15, 0.2) is 0 Å². The lowest BCUT2D eigenvalue weighted by Gasteiger charge is -2.24. The average Bonchev–Trinajstić information content (AvgIpc) is 2.98. The van der Waals surface area contributed by atoms with Crippen molar-refractivity contribution in [3.05, 3.63) is 0 Å². The lowest BCUT2D eigenvalue weighted by atomic mass is 10.5. The first-order chi connectivity index (χ1) is 18.8. The molecule has 15 nitrogen and oxygen atoms in total. The molecule has 0 atom stereocenters. The van der Waals surface area contributed by atoms with Crippen LogP contribution in [0.4, 0.5) is 0 Å². The molecule has 0 aliphatic heterocycles. The zero-order valence-corrected chi connectivity index (χ0v) is 27.6. The molecule has 0 aromatic carbocycles. The van der Waals surface area contributed by atoms with Gasteiger partial charge >= 0.3 is 44.4 Å². The van der Waals surface area contributed by atoms with Gasteiger partial charge in [0.25, 0.3) is 0 Å². The topological polar surface area (TPSA) is 149 Å². The molecule has 0 aliphatic carbocycles. The minimum absolute atomic E-state index is 0.0679. The van der Waals surface area contributed by atoms with E-state index in [4.69, 9.17) is 54.0 Å². The lowest BCUT2D eigenvalue weighted by molar-refractivity contribution is 0.120. The number of ether oxygens (including phenoxy) is 3. The van der Waals surface area contributed by atoms with Crippen LogP contribution in [0, 0.1) is 0 Å². The van der Waals surface area contributed by atoms with Crippen molar-refractivity contribution >= 4 is 26.4 Å². The Kier molecular flexibility index (Phi) is 17.3. The van der Waals surface area contributed by atoms with Gasteiger partial charge in [-0.25, -0.2) is 0 Å². The molecule has 228 valence electrons. The van der Waals surface area contributed by atoms with E-state index in [-0.39, 0.29) is 18.0 Å². The van der Waals surface area contributed by atoms with Crippen molar-refractivity contribution in [1.29, 1.82) is 0 Å². The summed E-state index contributed by atoms with van der Waals surface area (Å²) in [6.45, 7) is 0.878. The molecule has 0 amide bonds. The normalized spacial score (nSPS) is 12.5. The van der Waals surface area contributed by atoms with Gasteiger partial charge in [-0.2, -0.15) is 0 Å². The average molecular weight is 616 g/mol. The van der Waals surface area contributed by atoms with Crippen molar-refractivity contribution in [2.75, 3.05) is 83.8 Å². The summed E-state index contributed by atoms with van der Waals surface area (Å²) < 4.78 is 66.3. The van der Waals surface area contributed by atoms with Crippen LogP contribution in [0.5, 0.6) is 18.0 Å². The van der Waals surface area contributed by atoms with E-state index in [0.29, 0.717) is 57.2 Å². The van der Waals surface area contributed by atoms with Crippen LogP contribution >= 0.6 is 0 Å². The van der Waals surface area contributed by atoms with E-state index < -0.39 is 26.4 Å². The molecule has 0 radical (unpaired) electrons. The summed E-state index contributed by atoms with van der Waals surface area (Å²) in [5.74, 6) is 0. The van der Waals surface area contributed by atoms with Gasteiger partial charge in [-0.05, 0) is 19.3 Å². The molecular formula is C21H45N3O12Si3. The van der Waals surface area contributed by atoms with Gasteiger partial charge in [-0.1, -0.05) is 0 Å². The first-order valence-electron chi connectivity index (χ1n) is 12.4. The van der Waals surface area contributed by atoms with Crippen molar-refractivity contribution < 1.29 is 54.0 Å². The maximum Gasteiger partial charge on any atom is 0.500 e. The molecule has 0 fully saturated rings. The monoisotopic (exact) mass is 615 g/mol. The highest BCUT2D eigenvalue weighted by molar-refractivity contribution is 6.61. The quantitative estimate of drug-likeness (QED) is 0.123. The van der Waals surface area contributed by atoms with E-state index in [0.717, 1.165) is 0 Å². The standard InChI is InChI=1S/C21H45N3O12Si3/c1-25-37(26-2,27-3)16-10-13-34-19-22-20(35-14-11-17-38(28-4,29-5)30-6)24-21(23-19)36-15-12-18-39(31-7,32-8)33-9/h10-18H2,1-9H3. The highest BCUT2D eigenvalue weighted by Crippen LogP contribution is 2.20. The Morgan fingerprint density at radius 2 is 0.590 bits per heavy atom. The van der Waals surface area contributed by atoms with Crippen molar-refractivity contribution in [2.45, 2.75) is 37.4 Å². The first-order valence-corrected chi connectivity index (χ1v) is 18.2. The fourth-order valence-electron chi connectivity index (χ4n) is 3.54. The lowest BCUT2D eigenvalue weighted by Crippen LogP contribution is -2.42. The molecule has 0 aliphatic rings. The number of hydrogen-bond donors (Lipinski definition) is 0. The summed E-state index contributed by atoms with van der Waals surface area (Å²) in [6, 6.07) is 1.88. The fraction of sp³-hybridized carbons (Fsp3) is 0.857. The Bertz CT molecular complexity index is 653.